The Bertz CT molecular complexity index is 915. The fourth-order valence-corrected chi connectivity index (χ4v) is 4.00. The Morgan fingerprint density at radius 1 is 1.00 bits per heavy atom. The molecule has 1 heterocycles. The topological polar surface area (TPSA) is 108 Å². The van der Waals surface area contributed by atoms with Crippen LogP contribution in [0.25, 0.3) is 0 Å². The lowest BCUT2D eigenvalue weighted by atomic mass is 9.93. The van der Waals surface area contributed by atoms with Gasteiger partial charge in [0.1, 0.15) is 0 Å². The number of carbonyl (C=O) groups excluding carboxylic acids is 2. The van der Waals surface area contributed by atoms with Gasteiger partial charge >= 0.3 is 5.97 Å². The van der Waals surface area contributed by atoms with E-state index in [1.54, 1.807) is 42.5 Å². The SMILES string of the molecule is O=C(CC(CNC(=O)C1CCNCC1)c1ccc(Cl)cc1)NC(C(=O)O)c1ccccc1. The zero-order chi connectivity index (χ0) is 22.9. The number of piperidine rings is 1. The predicted molar refractivity (Wildman–Crippen MR) is 122 cm³/mol. The second-order valence-corrected chi connectivity index (χ2v) is 8.41. The van der Waals surface area contributed by atoms with Crippen LogP contribution in [0.1, 0.15) is 42.3 Å². The lowest BCUT2D eigenvalue weighted by Gasteiger charge is -2.24. The van der Waals surface area contributed by atoms with Crippen molar-refractivity contribution in [1.29, 1.82) is 0 Å². The molecule has 1 aliphatic heterocycles. The maximum atomic E-state index is 12.8. The molecule has 0 spiro atoms. The summed E-state index contributed by atoms with van der Waals surface area (Å²) in [4.78, 5) is 37.1. The molecular formula is C24H28ClN3O4. The number of benzene rings is 2. The van der Waals surface area contributed by atoms with E-state index in [0.717, 1.165) is 31.5 Å². The van der Waals surface area contributed by atoms with Gasteiger partial charge in [0.15, 0.2) is 6.04 Å². The number of hydrogen-bond acceptors (Lipinski definition) is 4. The standard InChI is InChI=1S/C24H28ClN3O4/c25-20-8-6-16(7-9-20)19(15-27-23(30)18-10-12-26-13-11-18)14-21(29)28-22(24(31)32)17-4-2-1-3-5-17/h1-9,18-19,22,26H,10-15H2,(H,27,30)(H,28,29)(H,31,32). The highest BCUT2D eigenvalue weighted by Crippen LogP contribution is 2.23. The summed E-state index contributed by atoms with van der Waals surface area (Å²) >= 11 is 6.00. The smallest absolute Gasteiger partial charge is 0.330 e. The number of carboxylic acid groups (broad SMARTS) is 1. The Hall–Kier alpha value is -2.90. The van der Waals surface area contributed by atoms with Crippen molar-refractivity contribution in [3.05, 3.63) is 70.7 Å². The van der Waals surface area contributed by atoms with Gasteiger partial charge in [-0.15, -0.1) is 0 Å². The predicted octanol–water partition coefficient (Wildman–Crippen LogP) is 2.87. The lowest BCUT2D eigenvalue weighted by Crippen LogP contribution is -2.40. The van der Waals surface area contributed by atoms with Crippen molar-refractivity contribution in [2.45, 2.75) is 31.2 Å². The van der Waals surface area contributed by atoms with E-state index in [4.69, 9.17) is 11.6 Å². The van der Waals surface area contributed by atoms with Gasteiger partial charge < -0.3 is 21.1 Å². The van der Waals surface area contributed by atoms with Crippen LogP contribution < -0.4 is 16.0 Å². The largest absolute Gasteiger partial charge is 0.479 e. The Kier molecular flexibility index (Phi) is 8.64. The summed E-state index contributed by atoms with van der Waals surface area (Å²) in [6.07, 6.45) is 1.61. The van der Waals surface area contributed by atoms with Crippen LogP contribution in [0, 0.1) is 5.92 Å². The summed E-state index contributed by atoms with van der Waals surface area (Å²) in [5.74, 6) is -1.91. The van der Waals surface area contributed by atoms with Gasteiger partial charge in [-0.3, -0.25) is 9.59 Å². The van der Waals surface area contributed by atoms with Gasteiger partial charge in [-0.1, -0.05) is 54.1 Å². The molecule has 1 saturated heterocycles. The average Bonchev–Trinajstić information content (AvgIpc) is 2.81. The maximum absolute atomic E-state index is 12.8. The first-order chi connectivity index (χ1) is 15.4. The van der Waals surface area contributed by atoms with Crippen molar-refractivity contribution in [3.8, 4) is 0 Å². The first kappa shape index (κ1) is 23.8. The van der Waals surface area contributed by atoms with Gasteiger partial charge in [0.2, 0.25) is 11.8 Å². The van der Waals surface area contributed by atoms with Crippen LogP contribution in [0.5, 0.6) is 0 Å². The van der Waals surface area contributed by atoms with Crippen molar-refractivity contribution in [3.63, 3.8) is 0 Å². The highest BCUT2D eigenvalue weighted by molar-refractivity contribution is 6.30. The molecule has 2 aromatic rings. The molecule has 1 fully saturated rings. The molecule has 0 bridgehead atoms. The van der Waals surface area contributed by atoms with Crippen LogP contribution >= 0.6 is 11.6 Å². The summed E-state index contributed by atoms with van der Waals surface area (Å²) in [5, 5.41) is 19.0. The molecule has 7 nitrogen and oxygen atoms in total. The van der Waals surface area contributed by atoms with Gasteiger partial charge in [-0.25, -0.2) is 4.79 Å². The molecule has 3 rings (SSSR count). The maximum Gasteiger partial charge on any atom is 0.330 e. The Labute approximate surface area is 192 Å². The van der Waals surface area contributed by atoms with Crippen molar-refractivity contribution < 1.29 is 19.5 Å². The summed E-state index contributed by atoms with van der Waals surface area (Å²) in [6, 6.07) is 14.5. The number of halogens is 1. The zero-order valence-electron chi connectivity index (χ0n) is 17.7. The third-order valence-corrected chi connectivity index (χ3v) is 5.94. The quantitative estimate of drug-likeness (QED) is 0.463. The number of rotatable bonds is 9. The molecule has 0 aliphatic carbocycles. The van der Waals surface area contributed by atoms with Gasteiger partial charge in [-0.2, -0.15) is 0 Å². The van der Waals surface area contributed by atoms with Crippen molar-refractivity contribution in [2.75, 3.05) is 19.6 Å². The minimum Gasteiger partial charge on any atom is -0.479 e. The molecule has 32 heavy (non-hydrogen) atoms. The Balaban J connectivity index is 1.68. The number of carboxylic acids is 1. The average molecular weight is 458 g/mol. The van der Waals surface area contributed by atoms with E-state index < -0.39 is 17.9 Å². The van der Waals surface area contributed by atoms with E-state index in [2.05, 4.69) is 16.0 Å². The number of hydrogen-bond donors (Lipinski definition) is 4. The number of carbonyl (C=O) groups is 3. The number of aliphatic carboxylic acids is 1. The van der Waals surface area contributed by atoms with Crippen molar-refractivity contribution in [2.24, 2.45) is 5.92 Å². The molecule has 8 heteroatoms. The highest BCUT2D eigenvalue weighted by atomic mass is 35.5. The Morgan fingerprint density at radius 2 is 1.66 bits per heavy atom. The third-order valence-electron chi connectivity index (χ3n) is 5.69. The first-order valence-electron chi connectivity index (χ1n) is 10.7. The van der Waals surface area contributed by atoms with E-state index in [1.165, 1.54) is 0 Å². The fourth-order valence-electron chi connectivity index (χ4n) is 3.87. The van der Waals surface area contributed by atoms with Crippen LogP contribution in [-0.2, 0) is 14.4 Å². The summed E-state index contributed by atoms with van der Waals surface area (Å²) in [6.45, 7) is 1.91. The number of nitrogens with one attached hydrogen (secondary N) is 3. The second-order valence-electron chi connectivity index (χ2n) is 7.97. The molecular weight excluding hydrogens is 430 g/mol. The molecule has 4 N–H and O–H groups in total. The van der Waals surface area contributed by atoms with Crippen LogP contribution in [-0.4, -0.2) is 42.5 Å². The fraction of sp³-hybridized carbons (Fsp3) is 0.375. The van der Waals surface area contributed by atoms with E-state index in [9.17, 15) is 19.5 Å². The van der Waals surface area contributed by atoms with Gasteiger partial charge in [0, 0.05) is 29.8 Å². The molecule has 170 valence electrons. The van der Waals surface area contributed by atoms with Gasteiger partial charge in [0.05, 0.1) is 0 Å². The second kappa shape index (κ2) is 11.6. The van der Waals surface area contributed by atoms with Gasteiger partial charge in [0.25, 0.3) is 0 Å². The normalized spacial score (nSPS) is 16.0. The van der Waals surface area contributed by atoms with E-state index in [-0.39, 0.29) is 30.7 Å². The Morgan fingerprint density at radius 3 is 2.28 bits per heavy atom. The first-order valence-corrected chi connectivity index (χ1v) is 11.1. The minimum atomic E-state index is -1.14. The molecule has 2 unspecified atom stereocenters. The molecule has 1 aliphatic rings. The number of amides is 2. The van der Waals surface area contributed by atoms with Gasteiger partial charge in [-0.05, 0) is 49.2 Å². The van der Waals surface area contributed by atoms with Crippen LogP contribution in [0.3, 0.4) is 0 Å². The molecule has 0 saturated carbocycles. The monoisotopic (exact) mass is 457 g/mol. The van der Waals surface area contributed by atoms with E-state index in [0.29, 0.717) is 10.6 Å². The zero-order valence-corrected chi connectivity index (χ0v) is 18.5. The highest BCUT2D eigenvalue weighted by Gasteiger charge is 2.26. The molecule has 0 aromatic heterocycles. The molecule has 2 amide bonds. The van der Waals surface area contributed by atoms with E-state index in [1.807, 2.05) is 12.1 Å². The van der Waals surface area contributed by atoms with E-state index >= 15 is 0 Å². The van der Waals surface area contributed by atoms with Crippen LogP contribution in [0.4, 0.5) is 0 Å². The third kappa shape index (κ3) is 6.80. The van der Waals surface area contributed by atoms with Crippen LogP contribution in [0.15, 0.2) is 54.6 Å². The minimum absolute atomic E-state index is 0.0152. The van der Waals surface area contributed by atoms with Crippen molar-refractivity contribution >= 4 is 29.4 Å². The summed E-state index contributed by atoms with van der Waals surface area (Å²) < 4.78 is 0. The van der Waals surface area contributed by atoms with Crippen molar-refractivity contribution in [1.82, 2.24) is 16.0 Å². The van der Waals surface area contributed by atoms with Crippen LogP contribution in [0.2, 0.25) is 5.02 Å². The molecule has 2 aromatic carbocycles. The summed E-state index contributed by atoms with van der Waals surface area (Å²) in [7, 11) is 0. The molecule has 0 radical (unpaired) electrons. The molecule has 2 atom stereocenters. The lowest BCUT2D eigenvalue weighted by molar-refractivity contribution is -0.142. The summed E-state index contributed by atoms with van der Waals surface area (Å²) in [5.41, 5.74) is 1.34.